The predicted molar refractivity (Wildman–Crippen MR) is 118 cm³/mol. The summed E-state index contributed by atoms with van der Waals surface area (Å²) >= 11 is 0. The molecule has 34 heavy (non-hydrogen) atoms. The van der Waals surface area contributed by atoms with Crippen LogP contribution in [0.15, 0.2) is 36.7 Å². The average Bonchev–Trinajstić information content (AvgIpc) is 3.18. The minimum atomic E-state index is -2.76. The Hall–Kier alpha value is -3.65. The molecule has 1 atom stereocenters. The Balaban J connectivity index is 1.65. The standard InChI is InChI=1S/C23H23F3N6O2/c1-22(2,34)20(24)12-29-21(33)16-11-28-18(6-17(16)31-14-7-23(25,26)8-14)19-4-3-15-5-13(9-27)10-30-32(15)19/h3-6,10-11,14,20,34H,7-8,12H2,1-2H3,(H,28,31)(H,29,33). The minimum Gasteiger partial charge on any atom is -0.387 e. The van der Waals surface area contributed by atoms with Gasteiger partial charge in [-0.05, 0) is 38.1 Å². The van der Waals surface area contributed by atoms with Crippen LogP contribution in [-0.2, 0) is 0 Å². The van der Waals surface area contributed by atoms with Crippen LogP contribution >= 0.6 is 0 Å². The smallest absolute Gasteiger partial charge is 0.255 e. The first-order valence-corrected chi connectivity index (χ1v) is 10.6. The van der Waals surface area contributed by atoms with Gasteiger partial charge >= 0.3 is 0 Å². The van der Waals surface area contributed by atoms with Crippen molar-refractivity contribution in [2.75, 3.05) is 11.9 Å². The maximum Gasteiger partial charge on any atom is 0.255 e. The van der Waals surface area contributed by atoms with E-state index in [0.29, 0.717) is 22.5 Å². The van der Waals surface area contributed by atoms with Crippen LogP contribution in [0.3, 0.4) is 0 Å². The first kappa shape index (κ1) is 23.5. The van der Waals surface area contributed by atoms with Crippen LogP contribution in [0, 0.1) is 11.3 Å². The number of halogens is 3. The summed E-state index contributed by atoms with van der Waals surface area (Å²) in [6.07, 6.45) is 0.239. The highest BCUT2D eigenvalue weighted by molar-refractivity contribution is 6.00. The number of hydrogen-bond acceptors (Lipinski definition) is 6. The first-order chi connectivity index (χ1) is 16.0. The summed E-state index contributed by atoms with van der Waals surface area (Å²) in [4.78, 5) is 17.1. The third kappa shape index (κ3) is 4.82. The van der Waals surface area contributed by atoms with E-state index >= 15 is 0 Å². The number of nitriles is 1. The molecule has 3 N–H and O–H groups in total. The van der Waals surface area contributed by atoms with E-state index in [0.717, 1.165) is 0 Å². The van der Waals surface area contributed by atoms with Gasteiger partial charge in [-0.3, -0.25) is 9.78 Å². The molecular weight excluding hydrogens is 449 g/mol. The van der Waals surface area contributed by atoms with Crippen LogP contribution in [0.25, 0.3) is 16.9 Å². The fourth-order valence-electron chi connectivity index (χ4n) is 3.66. The number of fused-ring (bicyclic) bond motifs is 1. The molecule has 0 saturated heterocycles. The van der Waals surface area contributed by atoms with Crippen LogP contribution in [-0.4, -0.2) is 55.9 Å². The van der Waals surface area contributed by atoms with Crippen molar-refractivity contribution in [3.63, 3.8) is 0 Å². The summed E-state index contributed by atoms with van der Waals surface area (Å²) in [6.45, 7) is 2.15. The molecule has 0 bridgehead atoms. The molecule has 178 valence electrons. The lowest BCUT2D eigenvalue weighted by molar-refractivity contribution is -0.0793. The highest BCUT2D eigenvalue weighted by Gasteiger charge is 2.45. The number of nitrogens with one attached hydrogen (secondary N) is 2. The molecule has 1 aliphatic carbocycles. The van der Waals surface area contributed by atoms with E-state index in [2.05, 4.69) is 20.7 Å². The fraction of sp³-hybridized carbons (Fsp3) is 0.391. The van der Waals surface area contributed by atoms with E-state index in [4.69, 9.17) is 5.26 Å². The molecule has 0 aliphatic heterocycles. The molecule has 1 amide bonds. The van der Waals surface area contributed by atoms with Gasteiger partial charge in [0, 0.05) is 25.1 Å². The maximum absolute atomic E-state index is 14.1. The third-order valence-corrected chi connectivity index (χ3v) is 5.70. The van der Waals surface area contributed by atoms with Gasteiger partial charge in [-0.25, -0.2) is 17.7 Å². The molecule has 3 aromatic heterocycles. The van der Waals surface area contributed by atoms with Crippen LogP contribution in [0.1, 0.15) is 42.6 Å². The second-order valence-electron chi connectivity index (χ2n) is 8.96. The topological polar surface area (TPSA) is 115 Å². The molecule has 0 radical (unpaired) electrons. The molecule has 11 heteroatoms. The van der Waals surface area contributed by atoms with Gasteiger partial charge in [-0.2, -0.15) is 10.4 Å². The molecular formula is C23H23F3N6O2. The van der Waals surface area contributed by atoms with Gasteiger partial charge < -0.3 is 15.7 Å². The van der Waals surface area contributed by atoms with Crippen molar-refractivity contribution in [2.24, 2.45) is 0 Å². The van der Waals surface area contributed by atoms with Crippen molar-refractivity contribution in [1.82, 2.24) is 19.9 Å². The third-order valence-electron chi connectivity index (χ3n) is 5.70. The largest absolute Gasteiger partial charge is 0.387 e. The van der Waals surface area contributed by atoms with Crippen molar-refractivity contribution < 1.29 is 23.1 Å². The normalized spacial score (nSPS) is 16.5. The van der Waals surface area contributed by atoms with E-state index < -0.39 is 36.2 Å². The van der Waals surface area contributed by atoms with Crippen LogP contribution < -0.4 is 10.6 Å². The lowest BCUT2D eigenvalue weighted by Gasteiger charge is -2.36. The highest BCUT2D eigenvalue weighted by atomic mass is 19.3. The van der Waals surface area contributed by atoms with Gasteiger partial charge in [-0.15, -0.1) is 0 Å². The fourth-order valence-corrected chi connectivity index (χ4v) is 3.66. The Morgan fingerprint density at radius 2 is 2.09 bits per heavy atom. The summed E-state index contributed by atoms with van der Waals surface area (Å²) < 4.78 is 42.4. The predicted octanol–water partition coefficient (Wildman–Crippen LogP) is 3.32. The first-order valence-electron chi connectivity index (χ1n) is 10.6. The number of anilines is 1. The lowest BCUT2D eigenvalue weighted by atomic mass is 9.88. The zero-order valence-corrected chi connectivity index (χ0v) is 18.5. The van der Waals surface area contributed by atoms with Crippen LogP contribution in [0.5, 0.6) is 0 Å². The summed E-state index contributed by atoms with van der Waals surface area (Å²) in [5.74, 6) is -3.42. The number of carbonyl (C=O) groups is 1. The number of pyridine rings is 1. The number of alkyl halides is 3. The number of aliphatic hydroxyl groups is 1. The number of rotatable bonds is 7. The molecule has 1 aliphatic rings. The Labute approximate surface area is 193 Å². The Morgan fingerprint density at radius 1 is 1.35 bits per heavy atom. The molecule has 0 spiro atoms. The van der Waals surface area contributed by atoms with Gasteiger partial charge in [-0.1, -0.05) is 0 Å². The monoisotopic (exact) mass is 472 g/mol. The molecule has 0 aromatic carbocycles. The maximum atomic E-state index is 14.1. The zero-order chi connectivity index (χ0) is 24.7. The summed E-state index contributed by atoms with van der Waals surface area (Å²) in [7, 11) is 0. The van der Waals surface area contributed by atoms with Crippen molar-refractivity contribution >= 4 is 17.1 Å². The Morgan fingerprint density at radius 3 is 2.74 bits per heavy atom. The second-order valence-corrected chi connectivity index (χ2v) is 8.96. The Kier molecular flexibility index (Phi) is 5.95. The number of amides is 1. The molecule has 4 rings (SSSR count). The van der Waals surface area contributed by atoms with Crippen molar-refractivity contribution in [3.05, 3.63) is 47.8 Å². The van der Waals surface area contributed by atoms with E-state index in [-0.39, 0.29) is 24.1 Å². The number of hydrogen-bond donors (Lipinski definition) is 3. The molecule has 1 unspecified atom stereocenters. The summed E-state index contributed by atoms with van der Waals surface area (Å²) in [5.41, 5.74) is 0.728. The van der Waals surface area contributed by atoms with Crippen LogP contribution in [0.4, 0.5) is 18.9 Å². The van der Waals surface area contributed by atoms with Gasteiger partial charge in [0.05, 0.1) is 52.1 Å². The Bertz CT molecular complexity index is 1270. The van der Waals surface area contributed by atoms with Crippen molar-refractivity contribution in [3.8, 4) is 17.5 Å². The van der Waals surface area contributed by atoms with E-state index in [1.165, 1.54) is 26.2 Å². The second kappa shape index (κ2) is 8.61. The molecule has 3 aromatic rings. The molecule has 1 saturated carbocycles. The molecule has 3 heterocycles. The number of aromatic nitrogens is 3. The van der Waals surface area contributed by atoms with Gasteiger partial charge in [0.25, 0.3) is 11.8 Å². The minimum absolute atomic E-state index is 0.0579. The lowest BCUT2D eigenvalue weighted by Crippen LogP contribution is -2.45. The van der Waals surface area contributed by atoms with E-state index in [9.17, 15) is 23.1 Å². The number of nitrogens with zero attached hydrogens (tertiary/aromatic N) is 4. The molecule has 1 fully saturated rings. The van der Waals surface area contributed by atoms with E-state index in [1.807, 2.05) is 6.07 Å². The number of carbonyl (C=O) groups excluding carboxylic acids is 1. The molecule has 8 nitrogen and oxygen atoms in total. The van der Waals surface area contributed by atoms with Crippen LogP contribution in [0.2, 0.25) is 0 Å². The highest BCUT2D eigenvalue weighted by Crippen LogP contribution is 2.39. The van der Waals surface area contributed by atoms with E-state index in [1.54, 1.807) is 28.8 Å². The SMILES string of the molecule is CC(C)(O)C(F)CNC(=O)c1cnc(-c2ccc3cc(C#N)cnn23)cc1NC1CC(F)(F)C1. The van der Waals surface area contributed by atoms with Crippen molar-refractivity contribution in [1.29, 1.82) is 5.26 Å². The quantitative estimate of drug-likeness (QED) is 0.486. The van der Waals surface area contributed by atoms with Gasteiger partial charge in [0.15, 0.2) is 0 Å². The van der Waals surface area contributed by atoms with Gasteiger partial charge in [0.2, 0.25) is 0 Å². The zero-order valence-electron chi connectivity index (χ0n) is 18.5. The van der Waals surface area contributed by atoms with Gasteiger partial charge in [0.1, 0.15) is 12.2 Å². The van der Waals surface area contributed by atoms with Crippen molar-refractivity contribution in [2.45, 2.75) is 50.4 Å². The average molecular weight is 472 g/mol. The summed E-state index contributed by atoms with van der Waals surface area (Å²) in [6, 6.07) is 8.18. The summed E-state index contributed by atoms with van der Waals surface area (Å²) in [5, 5.41) is 28.4.